The third-order valence-electron chi connectivity index (χ3n) is 3.38. The number of nitrogens with zero attached hydrogens (tertiary/aromatic N) is 1. The van der Waals surface area contributed by atoms with E-state index in [0.717, 1.165) is 0 Å². The number of carbonyl (C=O) groups is 1. The first-order chi connectivity index (χ1) is 7.87. The maximum atomic E-state index is 11.9. The van der Waals surface area contributed by atoms with Gasteiger partial charge in [0.15, 0.2) is 9.84 Å². The minimum absolute atomic E-state index is 0.0882. The van der Waals surface area contributed by atoms with Gasteiger partial charge in [0.05, 0.1) is 11.5 Å². The van der Waals surface area contributed by atoms with Crippen LogP contribution in [0.1, 0.15) is 26.7 Å². The van der Waals surface area contributed by atoms with Gasteiger partial charge < -0.3 is 10.2 Å². The van der Waals surface area contributed by atoms with Crippen molar-refractivity contribution in [3.05, 3.63) is 0 Å². The highest BCUT2D eigenvalue weighted by molar-refractivity contribution is 7.91. The summed E-state index contributed by atoms with van der Waals surface area (Å²) in [4.78, 5) is 13.6. The average molecular weight is 260 g/mol. The predicted octanol–water partition coefficient (Wildman–Crippen LogP) is -0.228. The average Bonchev–Trinajstić information content (AvgIpc) is 2.68. The standard InChI is InChI=1S/C11H20N2O3S/c1-8(2)12-9-5-11(14)13(6-9)10-3-4-17(15,16)7-10/h8-10,12H,3-7H2,1-2H3. The Balaban J connectivity index is 1.97. The van der Waals surface area contributed by atoms with Crippen LogP contribution >= 0.6 is 0 Å². The van der Waals surface area contributed by atoms with Gasteiger partial charge >= 0.3 is 0 Å². The molecule has 2 unspecified atom stereocenters. The van der Waals surface area contributed by atoms with Gasteiger partial charge in [-0.25, -0.2) is 8.42 Å². The quantitative estimate of drug-likeness (QED) is 0.761. The van der Waals surface area contributed by atoms with E-state index in [4.69, 9.17) is 0 Å². The molecule has 17 heavy (non-hydrogen) atoms. The van der Waals surface area contributed by atoms with E-state index >= 15 is 0 Å². The van der Waals surface area contributed by atoms with Crippen molar-refractivity contribution in [2.75, 3.05) is 18.1 Å². The Morgan fingerprint density at radius 2 is 2.12 bits per heavy atom. The lowest BCUT2D eigenvalue weighted by atomic mass is 10.2. The zero-order chi connectivity index (χ0) is 12.6. The summed E-state index contributed by atoms with van der Waals surface area (Å²) in [5.74, 6) is 0.460. The molecule has 2 rings (SSSR count). The lowest BCUT2D eigenvalue weighted by Gasteiger charge is -2.23. The molecule has 1 N–H and O–H groups in total. The molecule has 0 aliphatic carbocycles. The summed E-state index contributed by atoms with van der Waals surface area (Å²) in [7, 11) is -2.91. The minimum atomic E-state index is -2.91. The Morgan fingerprint density at radius 1 is 1.41 bits per heavy atom. The van der Waals surface area contributed by atoms with Crippen molar-refractivity contribution >= 4 is 15.7 Å². The second kappa shape index (κ2) is 4.57. The van der Waals surface area contributed by atoms with Crippen molar-refractivity contribution in [1.29, 1.82) is 0 Å². The van der Waals surface area contributed by atoms with E-state index in [1.165, 1.54) is 0 Å². The Bertz CT molecular complexity index is 405. The predicted molar refractivity (Wildman–Crippen MR) is 65.4 cm³/mol. The Labute approximate surface area is 102 Å². The zero-order valence-electron chi connectivity index (χ0n) is 10.3. The van der Waals surface area contributed by atoms with Crippen LogP contribution < -0.4 is 5.32 Å². The highest BCUT2D eigenvalue weighted by atomic mass is 32.2. The molecule has 0 bridgehead atoms. The molecule has 0 saturated carbocycles. The van der Waals surface area contributed by atoms with Crippen molar-refractivity contribution in [2.45, 2.75) is 44.8 Å². The molecule has 2 heterocycles. The molecule has 0 aromatic carbocycles. The minimum Gasteiger partial charge on any atom is -0.337 e. The molecule has 2 atom stereocenters. The van der Waals surface area contributed by atoms with Crippen LogP contribution in [0.3, 0.4) is 0 Å². The van der Waals surface area contributed by atoms with E-state index in [2.05, 4.69) is 5.32 Å². The van der Waals surface area contributed by atoms with Crippen molar-refractivity contribution in [1.82, 2.24) is 10.2 Å². The molecule has 6 heteroatoms. The van der Waals surface area contributed by atoms with Gasteiger partial charge in [-0.2, -0.15) is 0 Å². The molecule has 0 aromatic heterocycles. The largest absolute Gasteiger partial charge is 0.337 e. The SMILES string of the molecule is CC(C)NC1CC(=O)N(C2CCS(=O)(=O)C2)C1. The monoisotopic (exact) mass is 260 g/mol. The molecule has 2 fully saturated rings. The Kier molecular flexibility index (Phi) is 3.45. The lowest BCUT2D eigenvalue weighted by molar-refractivity contribution is -0.129. The number of rotatable bonds is 3. The topological polar surface area (TPSA) is 66.5 Å². The van der Waals surface area contributed by atoms with Crippen LogP contribution in [0.5, 0.6) is 0 Å². The van der Waals surface area contributed by atoms with Gasteiger partial charge in [0.25, 0.3) is 0 Å². The van der Waals surface area contributed by atoms with E-state index in [9.17, 15) is 13.2 Å². The molecule has 2 aliphatic rings. The summed E-state index contributed by atoms with van der Waals surface area (Å²) in [6.45, 7) is 4.75. The summed E-state index contributed by atoms with van der Waals surface area (Å²) in [5.41, 5.74) is 0. The van der Waals surface area contributed by atoms with Gasteiger partial charge in [-0.1, -0.05) is 13.8 Å². The van der Waals surface area contributed by atoms with E-state index in [1.807, 2.05) is 13.8 Å². The molecule has 2 saturated heterocycles. The van der Waals surface area contributed by atoms with Crippen LogP contribution in [0.15, 0.2) is 0 Å². The maximum absolute atomic E-state index is 11.9. The number of sulfone groups is 1. The van der Waals surface area contributed by atoms with Gasteiger partial charge in [-0.3, -0.25) is 4.79 Å². The highest BCUT2D eigenvalue weighted by Gasteiger charge is 2.39. The highest BCUT2D eigenvalue weighted by Crippen LogP contribution is 2.23. The van der Waals surface area contributed by atoms with Gasteiger partial charge in [-0.05, 0) is 6.42 Å². The number of nitrogens with one attached hydrogen (secondary N) is 1. The zero-order valence-corrected chi connectivity index (χ0v) is 11.2. The van der Waals surface area contributed by atoms with E-state index in [0.29, 0.717) is 25.4 Å². The molecule has 2 aliphatic heterocycles. The first-order valence-electron chi connectivity index (χ1n) is 6.13. The summed E-state index contributed by atoms with van der Waals surface area (Å²) in [6, 6.07) is 0.428. The van der Waals surface area contributed by atoms with Crippen molar-refractivity contribution in [2.24, 2.45) is 0 Å². The third-order valence-corrected chi connectivity index (χ3v) is 5.13. The van der Waals surface area contributed by atoms with E-state index in [1.54, 1.807) is 4.90 Å². The molecule has 98 valence electrons. The second-order valence-corrected chi connectivity index (χ2v) is 7.55. The Hall–Kier alpha value is -0.620. The fourth-order valence-corrected chi connectivity index (χ4v) is 4.42. The maximum Gasteiger partial charge on any atom is 0.224 e. The van der Waals surface area contributed by atoms with Gasteiger partial charge in [-0.15, -0.1) is 0 Å². The van der Waals surface area contributed by atoms with Gasteiger partial charge in [0, 0.05) is 31.1 Å². The molecule has 0 aromatic rings. The number of carbonyl (C=O) groups excluding carboxylic acids is 1. The third kappa shape index (κ3) is 2.98. The van der Waals surface area contributed by atoms with Crippen LogP contribution in [0.25, 0.3) is 0 Å². The molecular formula is C11H20N2O3S. The fourth-order valence-electron chi connectivity index (χ4n) is 2.69. The molecule has 0 spiro atoms. The van der Waals surface area contributed by atoms with Crippen molar-refractivity contribution < 1.29 is 13.2 Å². The van der Waals surface area contributed by atoms with Crippen molar-refractivity contribution in [3.63, 3.8) is 0 Å². The number of hydrogen-bond donors (Lipinski definition) is 1. The van der Waals surface area contributed by atoms with Crippen LogP contribution in [0.2, 0.25) is 0 Å². The molecule has 1 amide bonds. The first kappa shape index (κ1) is 12.8. The van der Waals surface area contributed by atoms with Crippen molar-refractivity contribution in [3.8, 4) is 0 Å². The summed E-state index contributed by atoms with van der Waals surface area (Å²) in [5, 5.41) is 3.33. The van der Waals surface area contributed by atoms with Gasteiger partial charge in [0.2, 0.25) is 5.91 Å². The summed E-state index contributed by atoms with van der Waals surface area (Å²) >= 11 is 0. The van der Waals surface area contributed by atoms with Crippen LogP contribution in [0.4, 0.5) is 0 Å². The van der Waals surface area contributed by atoms with Gasteiger partial charge in [0.1, 0.15) is 0 Å². The Morgan fingerprint density at radius 3 is 2.65 bits per heavy atom. The number of likely N-dealkylation sites (tertiary alicyclic amines) is 1. The lowest BCUT2D eigenvalue weighted by Crippen LogP contribution is -2.41. The van der Waals surface area contributed by atoms with E-state index < -0.39 is 9.84 Å². The smallest absolute Gasteiger partial charge is 0.224 e. The molecular weight excluding hydrogens is 240 g/mol. The second-order valence-electron chi connectivity index (χ2n) is 5.33. The van der Waals surface area contributed by atoms with Crippen LogP contribution in [-0.4, -0.2) is 55.4 Å². The van der Waals surface area contributed by atoms with Crippen LogP contribution in [-0.2, 0) is 14.6 Å². The van der Waals surface area contributed by atoms with Crippen LogP contribution in [0, 0.1) is 0 Å². The number of hydrogen-bond acceptors (Lipinski definition) is 4. The number of amides is 1. The molecule has 0 radical (unpaired) electrons. The van der Waals surface area contributed by atoms with E-state index in [-0.39, 0.29) is 29.5 Å². The first-order valence-corrected chi connectivity index (χ1v) is 7.95. The fraction of sp³-hybridized carbons (Fsp3) is 0.909. The normalized spacial score (nSPS) is 32.6. The summed E-state index contributed by atoms with van der Waals surface area (Å²) < 4.78 is 22.8. The summed E-state index contributed by atoms with van der Waals surface area (Å²) in [6.07, 6.45) is 1.09. The molecule has 5 nitrogen and oxygen atoms in total.